The van der Waals surface area contributed by atoms with Gasteiger partial charge < -0.3 is 13.9 Å². The van der Waals surface area contributed by atoms with E-state index in [9.17, 15) is 4.39 Å². The maximum absolute atomic E-state index is 13.6. The van der Waals surface area contributed by atoms with Gasteiger partial charge >= 0.3 is 0 Å². The highest BCUT2D eigenvalue weighted by Crippen LogP contribution is 2.36. The van der Waals surface area contributed by atoms with Crippen LogP contribution in [0.1, 0.15) is 12.3 Å². The van der Waals surface area contributed by atoms with Crippen molar-refractivity contribution in [3.05, 3.63) is 33.9 Å². The summed E-state index contributed by atoms with van der Waals surface area (Å²) in [4.78, 5) is 0. The first-order valence-corrected chi connectivity index (χ1v) is 6.93. The monoisotopic (exact) mass is 332 g/mol. The van der Waals surface area contributed by atoms with Gasteiger partial charge in [-0.2, -0.15) is 0 Å². The van der Waals surface area contributed by atoms with Crippen LogP contribution in [0.2, 0.25) is 10.0 Å². The summed E-state index contributed by atoms with van der Waals surface area (Å²) in [5, 5.41) is 8.04. The molecule has 0 spiro atoms. The molecule has 0 N–H and O–H groups in total. The van der Waals surface area contributed by atoms with Crippen LogP contribution >= 0.6 is 23.2 Å². The van der Waals surface area contributed by atoms with Crippen LogP contribution in [0.5, 0.6) is 0 Å². The number of aromatic nitrogens is 2. The van der Waals surface area contributed by atoms with E-state index in [1.165, 1.54) is 6.07 Å². The maximum Gasteiger partial charge on any atom is 0.251 e. The smallest absolute Gasteiger partial charge is 0.251 e. The zero-order chi connectivity index (χ0) is 15.0. The molecule has 0 amide bonds. The Morgan fingerprint density at radius 2 is 2.10 bits per heavy atom. The average Bonchev–Trinajstić information content (AvgIpc) is 3.12. The lowest BCUT2D eigenvalue weighted by molar-refractivity contribution is -0.0407. The lowest BCUT2D eigenvalue weighted by Gasteiger charge is -2.20. The molecular formula is C13H11Cl2FN2O3. The molecule has 8 heteroatoms. The van der Waals surface area contributed by atoms with Gasteiger partial charge in [0.25, 0.3) is 5.89 Å². The Morgan fingerprint density at radius 1 is 1.29 bits per heavy atom. The average molecular weight is 333 g/mol. The first kappa shape index (κ1) is 14.7. The van der Waals surface area contributed by atoms with Gasteiger partial charge in [0.05, 0.1) is 28.8 Å². The Labute approximate surface area is 130 Å². The van der Waals surface area contributed by atoms with E-state index < -0.39 is 11.4 Å². The van der Waals surface area contributed by atoms with Gasteiger partial charge in [-0.1, -0.05) is 23.2 Å². The van der Waals surface area contributed by atoms with Crippen LogP contribution in [0.3, 0.4) is 0 Å². The van der Waals surface area contributed by atoms with Crippen molar-refractivity contribution in [2.24, 2.45) is 0 Å². The summed E-state index contributed by atoms with van der Waals surface area (Å²) in [6, 6.07) is 2.45. The topological polar surface area (TPSA) is 57.4 Å². The van der Waals surface area contributed by atoms with Gasteiger partial charge in [0.1, 0.15) is 5.82 Å². The van der Waals surface area contributed by atoms with Gasteiger partial charge in [0.2, 0.25) is 5.89 Å². The van der Waals surface area contributed by atoms with Gasteiger partial charge in [-0.25, -0.2) is 4.39 Å². The van der Waals surface area contributed by atoms with Crippen molar-refractivity contribution in [2.75, 3.05) is 20.3 Å². The number of rotatable bonds is 3. The molecule has 2 heterocycles. The zero-order valence-electron chi connectivity index (χ0n) is 11.0. The van der Waals surface area contributed by atoms with Gasteiger partial charge in [-0.05, 0) is 12.1 Å². The second-order valence-electron chi connectivity index (χ2n) is 4.66. The standard InChI is InChI=1S/C13H11Cl2FN2O3/c1-19-13(2-3-20-6-13)12-18-17-11(21-12)7-4-10(16)9(15)5-8(7)14/h4-5H,2-3,6H2,1H3. The Hall–Kier alpha value is -1.21. The third-order valence-corrected chi connectivity index (χ3v) is 4.03. The molecule has 0 saturated carbocycles. The van der Waals surface area contributed by atoms with Crippen LogP contribution in [0.15, 0.2) is 16.5 Å². The summed E-state index contributed by atoms with van der Waals surface area (Å²) in [5.74, 6) is -0.223. The van der Waals surface area contributed by atoms with Crippen LogP contribution in [-0.2, 0) is 15.1 Å². The molecule has 2 aromatic rings. The van der Waals surface area contributed by atoms with E-state index in [0.29, 0.717) is 19.6 Å². The second kappa shape index (κ2) is 5.53. The largest absolute Gasteiger partial charge is 0.417 e. The molecule has 1 saturated heterocycles. The van der Waals surface area contributed by atoms with E-state index in [4.69, 9.17) is 37.1 Å². The minimum absolute atomic E-state index is 0.0685. The van der Waals surface area contributed by atoms with Crippen LogP contribution in [0.4, 0.5) is 4.39 Å². The molecule has 0 bridgehead atoms. The highest BCUT2D eigenvalue weighted by atomic mass is 35.5. The van der Waals surface area contributed by atoms with E-state index in [1.54, 1.807) is 7.11 Å². The molecule has 1 aliphatic rings. The van der Waals surface area contributed by atoms with E-state index in [0.717, 1.165) is 6.07 Å². The van der Waals surface area contributed by atoms with E-state index in [-0.39, 0.29) is 27.4 Å². The van der Waals surface area contributed by atoms with Gasteiger partial charge in [0.15, 0.2) is 5.60 Å². The molecule has 1 fully saturated rings. The number of hydrogen-bond donors (Lipinski definition) is 0. The summed E-state index contributed by atoms with van der Waals surface area (Å²) in [7, 11) is 1.55. The summed E-state index contributed by atoms with van der Waals surface area (Å²) in [5.41, 5.74) is -0.481. The highest BCUT2D eigenvalue weighted by molar-refractivity contribution is 6.36. The molecular weight excluding hydrogens is 322 g/mol. The number of hydrogen-bond acceptors (Lipinski definition) is 5. The number of ether oxygens (including phenoxy) is 2. The molecule has 112 valence electrons. The van der Waals surface area contributed by atoms with Gasteiger partial charge in [-0.15, -0.1) is 10.2 Å². The number of nitrogens with zero attached hydrogens (tertiary/aromatic N) is 2. The second-order valence-corrected chi connectivity index (χ2v) is 5.47. The van der Waals surface area contributed by atoms with Crippen molar-refractivity contribution >= 4 is 23.2 Å². The SMILES string of the molecule is COC1(c2nnc(-c3cc(F)c(Cl)cc3Cl)o2)CCOC1. The van der Waals surface area contributed by atoms with E-state index >= 15 is 0 Å². The fourth-order valence-electron chi connectivity index (χ4n) is 2.17. The number of benzene rings is 1. The van der Waals surface area contributed by atoms with Gasteiger partial charge in [0, 0.05) is 13.5 Å². The van der Waals surface area contributed by atoms with Crippen LogP contribution < -0.4 is 0 Å². The number of methoxy groups -OCH3 is 1. The molecule has 1 aliphatic heterocycles. The fraction of sp³-hybridized carbons (Fsp3) is 0.385. The molecule has 1 unspecified atom stereocenters. The normalized spacial score (nSPS) is 21.9. The highest BCUT2D eigenvalue weighted by Gasteiger charge is 2.42. The molecule has 3 rings (SSSR count). The minimum Gasteiger partial charge on any atom is -0.417 e. The first-order chi connectivity index (χ1) is 10.1. The van der Waals surface area contributed by atoms with Crippen molar-refractivity contribution in [1.29, 1.82) is 0 Å². The predicted octanol–water partition coefficient (Wildman–Crippen LogP) is 3.44. The first-order valence-electron chi connectivity index (χ1n) is 6.17. The lowest BCUT2D eigenvalue weighted by atomic mass is 10.0. The lowest BCUT2D eigenvalue weighted by Crippen LogP contribution is -2.29. The fourth-order valence-corrected chi connectivity index (χ4v) is 2.63. The minimum atomic E-state index is -0.761. The van der Waals surface area contributed by atoms with Crippen molar-refractivity contribution < 1.29 is 18.3 Å². The van der Waals surface area contributed by atoms with E-state index in [2.05, 4.69) is 10.2 Å². The van der Waals surface area contributed by atoms with E-state index in [1.807, 2.05) is 0 Å². The molecule has 1 aromatic carbocycles. The summed E-state index contributed by atoms with van der Waals surface area (Å²) in [6.07, 6.45) is 0.605. The molecule has 0 aliphatic carbocycles. The van der Waals surface area contributed by atoms with Crippen molar-refractivity contribution in [1.82, 2.24) is 10.2 Å². The molecule has 0 radical (unpaired) electrons. The van der Waals surface area contributed by atoms with Crippen LogP contribution in [0.25, 0.3) is 11.5 Å². The Morgan fingerprint density at radius 3 is 2.76 bits per heavy atom. The van der Waals surface area contributed by atoms with Gasteiger partial charge in [-0.3, -0.25) is 0 Å². The third kappa shape index (κ3) is 2.53. The Bertz CT molecular complexity index is 671. The van der Waals surface area contributed by atoms with Crippen LogP contribution in [-0.4, -0.2) is 30.5 Å². The summed E-state index contributed by atoms with van der Waals surface area (Å²) >= 11 is 11.7. The molecule has 1 atom stereocenters. The number of halogens is 3. The van der Waals surface area contributed by atoms with Crippen molar-refractivity contribution in [3.63, 3.8) is 0 Å². The quantitative estimate of drug-likeness (QED) is 0.806. The summed E-state index contributed by atoms with van der Waals surface area (Å²) in [6.45, 7) is 0.871. The zero-order valence-corrected chi connectivity index (χ0v) is 12.5. The molecule has 21 heavy (non-hydrogen) atoms. The summed E-state index contributed by atoms with van der Waals surface area (Å²) < 4.78 is 30.0. The Kier molecular flexibility index (Phi) is 3.88. The Balaban J connectivity index is 2.01. The van der Waals surface area contributed by atoms with Crippen LogP contribution in [0, 0.1) is 5.82 Å². The molecule has 5 nitrogen and oxygen atoms in total. The predicted molar refractivity (Wildman–Crippen MR) is 73.8 cm³/mol. The molecule has 1 aromatic heterocycles. The van der Waals surface area contributed by atoms with Crippen molar-refractivity contribution in [2.45, 2.75) is 12.0 Å². The third-order valence-electron chi connectivity index (χ3n) is 3.43. The van der Waals surface area contributed by atoms with Crippen molar-refractivity contribution in [3.8, 4) is 11.5 Å². The maximum atomic E-state index is 13.6.